The number of benzene rings is 2. The van der Waals surface area contributed by atoms with E-state index in [0.717, 1.165) is 16.5 Å². The molecule has 0 saturated heterocycles. The van der Waals surface area contributed by atoms with Gasteiger partial charge in [-0.1, -0.05) is 12.1 Å². The zero-order valence-electron chi connectivity index (χ0n) is 11.1. The van der Waals surface area contributed by atoms with Gasteiger partial charge < -0.3 is 16.5 Å². The molecule has 5 N–H and O–H groups in total. The fourth-order valence-corrected chi connectivity index (χ4v) is 2.48. The number of hydrogen-bond donors (Lipinski definition) is 3. The van der Waals surface area contributed by atoms with Gasteiger partial charge in [0.1, 0.15) is 0 Å². The third kappa shape index (κ3) is 1.82. The van der Waals surface area contributed by atoms with Crippen molar-refractivity contribution in [2.45, 2.75) is 6.92 Å². The van der Waals surface area contributed by atoms with Gasteiger partial charge in [0.15, 0.2) is 5.78 Å². The SMILES string of the molecule is Cc1cccc2[nH]cc(C(=O)c3ccc(N)cc3N)c12. The summed E-state index contributed by atoms with van der Waals surface area (Å²) in [5.74, 6) is -0.0944. The quantitative estimate of drug-likeness (QED) is 0.492. The van der Waals surface area contributed by atoms with E-state index in [0.29, 0.717) is 22.5 Å². The zero-order valence-corrected chi connectivity index (χ0v) is 11.1. The number of ketones is 1. The monoisotopic (exact) mass is 265 g/mol. The topological polar surface area (TPSA) is 84.9 Å². The summed E-state index contributed by atoms with van der Waals surface area (Å²) in [5, 5.41) is 0.939. The number of H-pyrrole nitrogens is 1. The molecule has 0 unspecified atom stereocenters. The Kier molecular flexibility index (Phi) is 2.71. The Hall–Kier alpha value is -2.75. The minimum Gasteiger partial charge on any atom is -0.399 e. The molecule has 20 heavy (non-hydrogen) atoms. The van der Waals surface area contributed by atoms with Gasteiger partial charge >= 0.3 is 0 Å². The van der Waals surface area contributed by atoms with Crippen molar-refractivity contribution in [3.8, 4) is 0 Å². The molecule has 0 aliphatic rings. The Bertz CT molecular complexity index is 818. The second kappa shape index (κ2) is 4.42. The van der Waals surface area contributed by atoms with Crippen LogP contribution in [0.25, 0.3) is 10.9 Å². The highest BCUT2D eigenvalue weighted by atomic mass is 16.1. The molecule has 1 aromatic heterocycles. The number of nitrogens with two attached hydrogens (primary N) is 2. The fraction of sp³-hybridized carbons (Fsp3) is 0.0625. The van der Waals surface area contributed by atoms with Crippen LogP contribution in [0.4, 0.5) is 11.4 Å². The van der Waals surface area contributed by atoms with E-state index in [1.807, 2.05) is 25.1 Å². The van der Waals surface area contributed by atoms with Gasteiger partial charge in [0.2, 0.25) is 0 Å². The number of anilines is 2. The van der Waals surface area contributed by atoms with Crippen LogP contribution in [0.15, 0.2) is 42.6 Å². The largest absolute Gasteiger partial charge is 0.399 e. The van der Waals surface area contributed by atoms with Gasteiger partial charge in [-0.15, -0.1) is 0 Å². The number of aromatic nitrogens is 1. The second-order valence-corrected chi connectivity index (χ2v) is 4.88. The zero-order chi connectivity index (χ0) is 14.3. The number of carbonyl (C=O) groups is 1. The summed E-state index contributed by atoms with van der Waals surface area (Å²) < 4.78 is 0. The molecule has 3 rings (SSSR count). The summed E-state index contributed by atoms with van der Waals surface area (Å²) in [6.45, 7) is 1.99. The predicted octanol–water partition coefficient (Wildman–Crippen LogP) is 2.87. The maximum Gasteiger partial charge on any atom is 0.197 e. The number of rotatable bonds is 2. The minimum atomic E-state index is -0.0944. The number of carbonyl (C=O) groups excluding carboxylic acids is 1. The van der Waals surface area contributed by atoms with E-state index in [1.54, 1.807) is 24.4 Å². The lowest BCUT2D eigenvalue weighted by Gasteiger charge is -2.06. The summed E-state index contributed by atoms with van der Waals surface area (Å²) in [6.07, 6.45) is 1.73. The maximum atomic E-state index is 12.7. The van der Waals surface area contributed by atoms with E-state index in [2.05, 4.69) is 4.98 Å². The Labute approximate surface area is 116 Å². The summed E-state index contributed by atoms with van der Waals surface area (Å²) >= 11 is 0. The van der Waals surface area contributed by atoms with E-state index >= 15 is 0 Å². The molecule has 0 radical (unpaired) electrons. The average molecular weight is 265 g/mol. The third-order valence-electron chi connectivity index (χ3n) is 3.48. The number of aryl methyl sites for hydroxylation is 1. The number of nitrogen functional groups attached to an aromatic ring is 2. The first-order valence-electron chi connectivity index (χ1n) is 6.34. The summed E-state index contributed by atoms with van der Waals surface area (Å²) in [5.41, 5.74) is 15.6. The van der Waals surface area contributed by atoms with Crippen LogP contribution < -0.4 is 11.5 Å². The van der Waals surface area contributed by atoms with E-state index < -0.39 is 0 Å². The molecular formula is C16H15N3O. The first-order valence-corrected chi connectivity index (χ1v) is 6.34. The summed E-state index contributed by atoms with van der Waals surface area (Å²) in [4.78, 5) is 15.8. The van der Waals surface area contributed by atoms with Crippen molar-refractivity contribution in [1.29, 1.82) is 0 Å². The lowest BCUT2D eigenvalue weighted by molar-refractivity contribution is 0.104. The Balaban J connectivity index is 2.18. The number of fused-ring (bicyclic) bond motifs is 1. The van der Waals surface area contributed by atoms with Crippen molar-refractivity contribution < 1.29 is 4.79 Å². The average Bonchev–Trinajstić information content (AvgIpc) is 2.83. The van der Waals surface area contributed by atoms with Gasteiger partial charge in [-0.25, -0.2) is 0 Å². The molecule has 4 nitrogen and oxygen atoms in total. The summed E-state index contributed by atoms with van der Waals surface area (Å²) in [7, 11) is 0. The van der Waals surface area contributed by atoms with Crippen molar-refractivity contribution in [3.63, 3.8) is 0 Å². The number of nitrogens with one attached hydrogen (secondary N) is 1. The second-order valence-electron chi connectivity index (χ2n) is 4.88. The van der Waals surface area contributed by atoms with Gasteiger partial charge in [-0.05, 0) is 36.8 Å². The van der Waals surface area contributed by atoms with Crippen LogP contribution in [0.2, 0.25) is 0 Å². The van der Waals surface area contributed by atoms with Gasteiger partial charge in [-0.3, -0.25) is 4.79 Å². The first-order chi connectivity index (χ1) is 9.58. The van der Waals surface area contributed by atoms with Crippen molar-refractivity contribution in [3.05, 3.63) is 59.3 Å². The number of aromatic amines is 1. The van der Waals surface area contributed by atoms with Crippen LogP contribution in [-0.2, 0) is 0 Å². The fourth-order valence-electron chi connectivity index (χ4n) is 2.48. The van der Waals surface area contributed by atoms with Crippen molar-refractivity contribution in [1.82, 2.24) is 4.98 Å². The molecular weight excluding hydrogens is 250 g/mol. The highest BCUT2D eigenvalue weighted by Gasteiger charge is 2.17. The normalized spacial score (nSPS) is 10.8. The Morgan fingerprint density at radius 3 is 2.65 bits per heavy atom. The van der Waals surface area contributed by atoms with E-state index in [1.165, 1.54) is 0 Å². The van der Waals surface area contributed by atoms with Crippen LogP contribution in [-0.4, -0.2) is 10.8 Å². The van der Waals surface area contributed by atoms with Crippen LogP contribution in [0.1, 0.15) is 21.5 Å². The third-order valence-corrected chi connectivity index (χ3v) is 3.48. The smallest absolute Gasteiger partial charge is 0.197 e. The molecule has 0 fully saturated rings. The van der Waals surface area contributed by atoms with Crippen LogP contribution in [0.3, 0.4) is 0 Å². The van der Waals surface area contributed by atoms with E-state index in [4.69, 9.17) is 11.5 Å². The van der Waals surface area contributed by atoms with Crippen LogP contribution >= 0.6 is 0 Å². The molecule has 0 spiro atoms. The molecule has 0 atom stereocenters. The van der Waals surface area contributed by atoms with E-state index in [9.17, 15) is 4.79 Å². The van der Waals surface area contributed by atoms with Crippen LogP contribution in [0, 0.1) is 6.92 Å². The van der Waals surface area contributed by atoms with Gasteiger partial charge in [-0.2, -0.15) is 0 Å². The van der Waals surface area contributed by atoms with Crippen molar-refractivity contribution in [2.75, 3.05) is 11.5 Å². The van der Waals surface area contributed by atoms with Crippen molar-refractivity contribution in [2.24, 2.45) is 0 Å². The van der Waals surface area contributed by atoms with Gasteiger partial charge in [0.05, 0.1) is 0 Å². The molecule has 0 saturated carbocycles. The number of hydrogen-bond acceptors (Lipinski definition) is 3. The Morgan fingerprint density at radius 2 is 1.90 bits per heavy atom. The van der Waals surface area contributed by atoms with Crippen molar-refractivity contribution >= 4 is 28.1 Å². The van der Waals surface area contributed by atoms with Gasteiger partial charge in [0, 0.05) is 39.6 Å². The predicted molar refractivity (Wildman–Crippen MR) is 81.7 cm³/mol. The lowest BCUT2D eigenvalue weighted by Crippen LogP contribution is -2.05. The molecule has 100 valence electrons. The van der Waals surface area contributed by atoms with Gasteiger partial charge in [0.25, 0.3) is 0 Å². The molecule has 3 aromatic rings. The molecule has 0 aliphatic carbocycles. The molecule has 1 heterocycles. The Morgan fingerprint density at radius 1 is 1.10 bits per heavy atom. The molecule has 0 aliphatic heterocycles. The minimum absolute atomic E-state index is 0.0944. The highest BCUT2D eigenvalue weighted by molar-refractivity contribution is 6.19. The molecule has 2 aromatic carbocycles. The summed E-state index contributed by atoms with van der Waals surface area (Å²) in [6, 6.07) is 10.9. The highest BCUT2D eigenvalue weighted by Crippen LogP contribution is 2.26. The molecule has 0 amide bonds. The van der Waals surface area contributed by atoms with E-state index in [-0.39, 0.29) is 5.78 Å². The maximum absolute atomic E-state index is 12.7. The van der Waals surface area contributed by atoms with Crippen LogP contribution in [0.5, 0.6) is 0 Å². The lowest BCUT2D eigenvalue weighted by atomic mass is 9.99. The standard InChI is InChI=1S/C16H15N3O/c1-9-3-2-4-14-15(9)12(8-19-14)16(20)11-6-5-10(17)7-13(11)18/h2-8,19H,17-18H2,1H3. The first kappa shape index (κ1) is 12.3. The molecule has 0 bridgehead atoms. The molecule has 4 heteroatoms.